The molecule has 0 aliphatic carbocycles. The molecule has 1 heterocycles. The van der Waals surface area contributed by atoms with Gasteiger partial charge in [-0.05, 0) is 12.1 Å². The van der Waals surface area contributed by atoms with Gasteiger partial charge in [-0.3, -0.25) is 0 Å². The third-order valence-electron chi connectivity index (χ3n) is 2.62. The largest absolute Gasteiger partial charge is 0.493 e. The Hall–Kier alpha value is -2.21. The Labute approximate surface area is 110 Å². The molecule has 0 unspecified atom stereocenters. The zero-order valence-electron chi connectivity index (χ0n) is 11.0. The van der Waals surface area contributed by atoms with E-state index in [0.717, 1.165) is 0 Å². The summed E-state index contributed by atoms with van der Waals surface area (Å²) in [4.78, 5) is 4.08. The van der Waals surface area contributed by atoms with Crippen LogP contribution in [0.2, 0.25) is 0 Å². The molecule has 19 heavy (non-hydrogen) atoms. The first kappa shape index (κ1) is 13.2. The van der Waals surface area contributed by atoms with E-state index in [1.165, 1.54) is 27.5 Å². The third kappa shape index (κ3) is 2.48. The van der Waals surface area contributed by atoms with Crippen LogP contribution in [-0.4, -0.2) is 31.4 Å². The molecular formula is C13H15NO5. The zero-order valence-corrected chi connectivity index (χ0v) is 11.0. The number of ether oxygens (including phenoxy) is 3. The van der Waals surface area contributed by atoms with Crippen LogP contribution in [0, 0.1) is 0 Å². The molecule has 102 valence electrons. The molecule has 2 aromatic rings. The van der Waals surface area contributed by atoms with E-state index >= 15 is 0 Å². The van der Waals surface area contributed by atoms with Gasteiger partial charge in [0.2, 0.25) is 11.6 Å². The Kier molecular flexibility index (Phi) is 3.91. The highest BCUT2D eigenvalue weighted by Gasteiger charge is 2.16. The van der Waals surface area contributed by atoms with Crippen molar-refractivity contribution in [3.63, 3.8) is 0 Å². The fraction of sp³-hybridized carbons (Fsp3) is 0.308. The molecule has 1 N–H and O–H groups in total. The molecule has 0 spiro atoms. The molecule has 0 aliphatic rings. The van der Waals surface area contributed by atoms with Gasteiger partial charge in [0, 0.05) is 5.56 Å². The lowest BCUT2D eigenvalue weighted by Gasteiger charge is -2.12. The molecule has 2 rings (SSSR count). The number of hydrogen-bond donors (Lipinski definition) is 1. The average molecular weight is 265 g/mol. The highest BCUT2D eigenvalue weighted by atomic mass is 16.5. The molecule has 0 fully saturated rings. The highest BCUT2D eigenvalue weighted by Crippen LogP contribution is 2.40. The lowest BCUT2D eigenvalue weighted by Crippen LogP contribution is -1.95. The van der Waals surface area contributed by atoms with Crippen molar-refractivity contribution in [2.45, 2.75) is 6.61 Å². The van der Waals surface area contributed by atoms with Gasteiger partial charge in [-0.25, -0.2) is 4.98 Å². The third-order valence-corrected chi connectivity index (χ3v) is 2.62. The van der Waals surface area contributed by atoms with Crippen LogP contribution in [0.3, 0.4) is 0 Å². The van der Waals surface area contributed by atoms with Crippen LogP contribution < -0.4 is 14.2 Å². The fourth-order valence-corrected chi connectivity index (χ4v) is 1.72. The van der Waals surface area contributed by atoms with E-state index in [1.54, 1.807) is 12.1 Å². The van der Waals surface area contributed by atoms with Gasteiger partial charge in [0.15, 0.2) is 11.5 Å². The number of aliphatic hydroxyl groups excluding tert-OH is 1. The second kappa shape index (κ2) is 5.62. The van der Waals surface area contributed by atoms with Gasteiger partial charge in [0.25, 0.3) is 0 Å². The minimum absolute atomic E-state index is 0.197. The Balaban J connectivity index is 2.51. The standard InChI is InChI=1S/C13H15NO5/c1-16-10-4-8(5-11(17-2)12(10)18-3)13-14-6-9(7-15)19-13/h4-6,15H,7H2,1-3H3. The number of hydrogen-bond acceptors (Lipinski definition) is 6. The van der Waals surface area contributed by atoms with Crippen molar-refractivity contribution in [1.82, 2.24) is 4.98 Å². The molecule has 1 aromatic carbocycles. The first-order chi connectivity index (χ1) is 9.23. The maximum Gasteiger partial charge on any atom is 0.226 e. The van der Waals surface area contributed by atoms with Crippen molar-refractivity contribution < 1.29 is 23.7 Å². The number of oxazole rings is 1. The number of benzene rings is 1. The predicted octanol–water partition coefficient (Wildman–Crippen LogP) is 1.86. The van der Waals surface area contributed by atoms with E-state index in [9.17, 15) is 0 Å². The Morgan fingerprint density at radius 1 is 1.11 bits per heavy atom. The van der Waals surface area contributed by atoms with Crippen LogP contribution >= 0.6 is 0 Å². The number of nitrogens with zero attached hydrogens (tertiary/aromatic N) is 1. The van der Waals surface area contributed by atoms with Gasteiger partial charge < -0.3 is 23.7 Å². The zero-order chi connectivity index (χ0) is 13.8. The van der Waals surface area contributed by atoms with Crippen LogP contribution in [0.5, 0.6) is 17.2 Å². The summed E-state index contributed by atoms with van der Waals surface area (Å²) in [6.45, 7) is -0.197. The number of aliphatic hydroxyl groups is 1. The summed E-state index contributed by atoms with van der Waals surface area (Å²) in [5, 5.41) is 8.98. The minimum Gasteiger partial charge on any atom is -0.493 e. The van der Waals surface area contributed by atoms with E-state index in [2.05, 4.69) is 4.98 Å². The van der Waals surface area contributed by atoms with Crippen molar-refractivity contribution in [3.8, 4) is 28.7 Å². The lowest BCUT2D eigenvalue weighted by atomic mass is 10.2. The first-order valence-electron chi connectivity index (χ1n) is 5.59. The molecule has 6 heteroatoms. The monoisotopic (exact) mass is 265 g/mol. The molecule has 0 aliphatic heterocycles. The van der Waals surface area contributed by atoms with Crippen LogP contribution in [0.15, 0.2) is 22.7 Å². The van der Waals surface area contributed by atoms with Crippen molar-refractivity contribution >= 4 is 0 Å². The van der Waals surface area contributed by atoms with Gasteiger partial charge in [-0.1, -0.05) is 0 Å². The number of rotatable bonds is 5. The molecule has 0 radical (unpaired) electrons. The van der Waals surface area contributed by atoms with E-state index in [-0.39, 0.29) is 6.61 Å². The summed E-state index contributed by atoms with van der Waals surface area (Å²) in [7, 11) is 4.61. The smallest absolute Gasteiger partial charge is 0.226 e. The molecule has 0 saturated heterocycles. The van der Waals surface area contributed by atoms with Crippen LogP contribution in [0.25, 0.3) is 11.5 Å². The molecular weight excluding hydrogens is 250 g/mol. The summed E-state index contributed by atoms with van der Waals surface area (Å²) in [6, 6.07) is 3.46. The second-order valence-electron chi connectivity index (χ2n) is 3.70. The average Bonchev–Trinajstić information content (AvgIpc) is 2.94. The summed E-state index contributed by atoms with van der Waals surface area (Å²) >= 11 is 0. The Morgan fingerprint density at radius 3 is 2.16 bits per heavy atom. The van der Waals surface area contributed by atoms with E-state index < -0.39 is 0 Å². The van der Waals surface area contributed by atoms with E-state index in [4.69, 9.17) is 23.7 Å². The number of aromatic nitrogens is 1. The van der Waals surface area contributed by atoms with E-state index in [1.807, 2.05) is 0 Å². The van der Waals surface area contributed by atoms with E-state index in [0.29, 0.717) is 34.5 Å². The number of methoxy groups -OCH3 is 3. The van der Waals surface area contributed by atoms with Gasteiger partial charge in [-0.15, -0.1) is 0 Å². The van der Waals surface area contributed by atoms with Crippen molar-refractivity contribution in [2.75, 3.05) is 21.3 Å². The first-order valence-corrected chi connectivity index (χ1v) is 5.59. The van der Waals surface area contributed by atoms with Gasteiger partial charge in [-0.2, -0.15) is 0 Å². The summed E-state index contributed by atoms with van der Waals surface area (Å²) in [5.74, 6) is 2.30. The predicted molar refractivity (Wildman–Crippen MR) is 67.5 cm³/mol. The van der Waals surface area contributed by atoms with Crippen molar-refractivity contribution in [2.24, 2.45) is 0 Å². The van der Waals surface area contributed by atoms with Crippen LogP contribution in [0.1, 0.15) is 5.76 Å². The molecule has 6 nitrogen and oxygen atoms in total. The molecule has 0 saturated carbocycles. The molecule has 0 atom stereocenters. The quantitative estimate of drug-likeness (QED) is 0.889. The summed E-state index contributed by atoms with van der Waals surface area (Å²) < 4.78 is 21.1. The normalized spacial score (nSPS) is 10.3. The van der Waals surface area contributed by atoms with Crippen molar-refractivity contribution in [1.29, 1.82) is 0 Å². The maximum atomic E-state index is 8.98. The SMILES string of the molecule is COc1cc(-c2ncc(CO)o2)cc(OC)c1OC. The summed E-state index contributed by atoms with van der Waals surface area (Å²) in [5.41, 5.74) is 0.675. The van der Waals surface area contributed by atoms with Gasteiger partial charge in [0.05, 0.1) is 27.5 Å². The lowest BCUT2D eigenvalue weighted by molar-refractivity contribution is 0.248. The molecule has 0 bridgehead atoms. The maximum absolute atomic E-state index is 8.98. The van der Waals surface area contributed by atoms with Gasteiger partial charge >= 0.3 is 0 Å². The highest BCUT2D eigenvalue weighted by molar-refractivity contribution is 5.65. The summed E-state index contributed by atoms with van der Waals surface area (Å²) in [6.07, 6.45) is 1.47. The molecule has 0 amide bonds. The Morgan fingerprint density at radius 2 is 1.74 bits per heavy atom. The minimum atomic E-state index is -0.197. The topological polar surface area (TPSA) is 74.0 Å². The fourth-order valence-electron chi connectivity index (χ4n) is 1.72. The Bertz CT molecular complexity index is 539. The second-order valence-corrected chi connectivity index (χ2v) is 3.70. The van der Waals surface area contributed by atoms with Crippen LogP contribution in [-0.2, 0) is 6.61 Å². The van der Waals surface area contributed by atoms with Crippen LogP contribution in [0.4, 0.5) is 0 Å². The van der Waals surface area contributed by atoms with Crippen molar-refractivity contribution in [3.05, 3.63) is 24.1 Å². The van der Waals surface area contributed by atoms with Gasteiger partial charge in [0.1, 0.15) is 12.4 Å². The molecule has 1 aromatic heterocycles.